The maximum atomic E-state index is 6.58. The van der Waals surface area contributed by atoms with Gasteiger partial charge in [-0.2, -0.15) is 0 Å². The zero-order valence-electron chi connectivity index (χ0n) is 20.9. The lowest BCUT2D eigenvalue weighted by atomic mass is 9.85. The molecule has 12 heteroatoms. The minimum atomic E-state index is -2.29. The molecule has 0 nitrogen and oxygen atoms in total. The van der Waals surface area contributed by atoms with Crippen LogP contribution in [0.15, 0.2) is 6.07 Å². The van der Waals surface area contributed by atoms with E-state index >= 15 is 0 Å². The first-order valence-corrected chi connectivity index (χ1v) is 30.9. The van der Waals surface area contributed by atoms with E-state index in [2.05, 4.69) is 13.0 Å². The Morgan fingerprint density at radius 2 is 0.824 bits per heavy atom. The Kier molecular flexibility index (Phi) is 14.9. The van der Waals surface area contributed by atoms with Gasteiger partial charge in [-0.15, -0.1) is 88.6 Å². The van der Waals surface area contributed by atoms with Crippen LogP contribution in [0, 0.1) is 0 Å². The molecule has 0 aliphatic carbocycles. The Morgan fingerprint density at radius 3 is 1.18 bits per heavy atom. The molecular weight excluding hydrogens is 660 g/mol. The summed E-state index contributed by atoms with van der Waals surface area (Å²) in [6.45, 7) is 1.07. The van der Waals surface area contributed by atoms with E-state index in [0.29, 0.717) is 0 Å². The Balaban J connectivity index is 3.71. The van der Waals surface area contributed by atoms with Crippen LogP contribution in [0.25, 0.3) is 0 Å². The van der Waals surface area contributed by atoms with E-state index in [0.717, 1.165) is 69.1 Å². The van der Waals surface area contributed by atoms with Crippen LogP contribution in [0.3, 0.4) is 0 Å². The van der Waals surface area contributed by atoms with Gasteiger partial charge in [0.1, 0.15) is 0 Å². The van der Waals surface area contributed by atoms with Gasteiger partial charge in [0.2, 0.25) is 26.8 Å². The quantitative estimate of drug-likeness (QED) is 0.126. The molecule has 0 radical (unpaired) electrons. The van der Waals surface area contributed by atoms with Gasteiger partial charge in [0.05, 0.1) is 0 Å². The summed E-state index contributed by atoms with van der Waals surface area (Å²) < 4.78 is 0. The molecule has 0 amide bonds. The molecule has 0 aliphatic rings. The lowest BCUT2D eigenvalue weighted by molar-refractivity contribution is 0.778. The minimum absolute atomic E-state index is 0.786. The van der Waals surface area contributed by atoms with Crippen molar-refractivity contribution in [3.8, 4) is 0 Å². The molecule has 0 fully saturated rings. The second-order valence-corrected chi connectivity index (χ2v) is 42.9. The Hall–Kier alpha value is 2.41. The average molecular weight is 699 g/mol. The van der Waals surface area contributed by atoms with Crippen LogP contribution < -0.4 is 0 Å². The third-order valence-electron chi connectivity index (χ3n) is 5.93. The fourth-order valence-electron chi connectivity index (χ4n) is 4.08. The van der Waals surface area contributed by atoms with Gasteiger partial charge in [-0.05, 0) is 117 Å². The van der Waals surface area contributed by atoms with Crippen molar-refractivity contribution in [2.24, 2.45) is 0 Å². The van der Waals surface area contributed by atoms with Gasteiger partial charge in [0.15, 0.2) is 0 Å². The number of hydrogen-bond donors (Lipinski definition) is 0. The van der Waals surface area contributed by atoms with Crippen LogP contribution in [-0.2, 0) is 32.1 Å². The van der Waals surface area contributed by atoms with E-state index < -0.39 is 26.8 Å². The first kappa shape index (κ1) is 34.4. The zero-order valence-corrected chi connectivity index (χ0v) is 30.9. The highest BCUT2D eigenvalue weighted by Gasteiger charge is 2.29. The van der Waals surface area contributed by atoms with Crippen molar-refractivity contribution >= 4 is 115 Å². The first-order chi connectivity index (χ1) is 15.3. The molecular formula is C22H38Cl8Si4. The van der Waals surface area contributed by atoms with Crippen LogP contribution in [0.2, 0.25) is 50.4 Å². The Bertz CT molecular complexity index is 778. The summed E-state index contributed by atoms with van der Waals surface area (Å²) in [6.07, 6.45) is 6.69. The fraction of sp³-hybridized carbons (Fsp3) is 0.727. The molecule has 0 N–H and O–H groups in total. The smallest absolute Gasteiger partial charge is 0.146 e. The number of halogens is 8. The van der Waals surface area contributed by atoms with E-state index in [-0.39, 0.29) is 0 Å². The Labute approximate surface area is 249 Å². The molecule has 0 saturated heterocycles. The number of aryl methyl sites for hydroxylation is 2. The molecule has 0 spiro atoms. The van der Waals surface area contributed by atoms with Crippen molar-refractivity contribution in [3.63, 3.8) is 0 Å². The van der Waals surface area contributed by atoms with E-state index in [9.17, 15) is 0 Å². The number of hydrogen-bond acceptors (Lipinski definition) is 0. The number of unbranched alkanes of at least 4 members (excludes halogenated alkanes) is 1. The van der Waals surface area contributed by atoms with E-state index in [1.54, 1.807) is 0 Å². The van der Waals surface area contributed by atoms with Crippen molar-refractivity contribution in [3.05, 3.63) is 33.9 Å². The summed E-state index contributed by atoms with van der Waals surface area (Å²) in [6, 6.07) is 5.57. The molecule has 34 heavy (non-hydrogen) atoms. The average Bonchev–Trinajstić information content (AvgIpc) is 2.63. The van der Waals surface area contributed by atoms with E-state index in [4.69, 9.17) is 88.6 Å². The molecule has 198 valence electrons. The predicted octanol–water partition coefficient (Wildman–Crippen LogP) is 11.4. The molecule has 0 aromatic heterocycles. The van der Waals surface area contributed by atoms with Gasteiger partial charge in [0.25, 0.3) is 0 Å². The third-order valence-corrected chi connectivity index (χ3v) is 15.0. The van der Waals surface area contributed by atoms with Crippen LogP contribution >= 0.6 is 88.6 Å². The van der Waals surface area contributed by atoms with Gasteiger partial charge in [0, 0.05) is 0 Å². The van der Waals surface area contributed by atoms with Crippen LogP contribution in [-0.4, -0.2) is 26.8 Å². The maximum absolute atomic E-state index is 6.58. The molecule has 0 unspecified atom stereocenters. The first-order valence-electron chi connectivity index (χ1n) is 12.0. The summed E-state index contributed by atoms with van der Waals surface area (Å²) >= 11 is 52.4. The number of benzene rings is 1. The molecule has 0 atom stereocenters. The third kappa shape index (κ3) is 15.1. The van der Waals surface area contributed by atoms with Crippen molar-refractivity contribution in [2.45, 2.75) is 102 Å². The molecule has 1 rings (SSSR count). The van der Waals surface area contributed by atoms with Gasteiger partial charge < -0.3 is 0 Å². The molecule has 1 aromatic rings. The van der Waals surface area contributed by atoms with Gasteiger partial charge in [-0.1, -0.05) is 19.4 Å². The molecule has 0 saturated carbocycles. The van der Waals surface area contributed by atoms with Crippen LogP contribution in [0.4, 0.5) is 0 Å². The largest absolute Gasteiger partial charge is 0.248 e. The monoisotopic (exact) mass is 694 g/mol. The summed E-state index contributed by atoms with van der Waals surface area (Å²) in [7, 11) is 0. The molecule has 0 aliphatic heterocycles. The normalized spacial score (nSPS) is 13.6. The highest BCUT2D eigenvalue weighted by Crippen LogP contribution is 2.36. The summed E-state index contributed by atoms with van der Waals surface area (Å²) in [5, 5.41) is 0. The summed E-state index contributed by atoms with van der Waals surface area (Å²) in [4.78, 5) is 0. The molecule has 0 bridgehead atoms. The van der Waals surface area contributed by atoms with Crippen LogP contribution in [0.5, 0.6) is 0 Å². The fourth-order valence-corrected chi connectivity index (χ4v) is 9.12. The standard InChI is InChI=1S/C22H38Cl8Si4/c1-6-7-8-18-17-19(9-13-31(2,23)24)21(11-15-33(4,27)28)22(12-16-34(5,29)30)20(18)10-14-32(3,25)26/h17H,6-16H2,1-5H3. The second-order valence-electron chi connectivity index (χ2n) is 10.0. The predicted molar refractivity (Wildman–Crippen MR) is 172 cm³/mol. The lowest BCUT2D eigenvalue weighted by Crippen LogP contribution is -2.21. The molecule has 1 aromatic carbocycles. The maximum Gasteiger partial charge on any atom is 0.248 e. The summed E-state index contributed by atoms with van der Waals surface area (Å²) in [5.74, 6) is 0. The topological polar surface area (TPSA) is 0 Å². The van der Waals surface area contributed by atoms with Crippen LogP contribution in [0.1, 0.15) is 47.6 Å². The molecule has 0 heterocycles. The van der Waals surface area contributed by atoms with E-state index in [1.807, 2.05) is 26.2 Å². The number of rotatable bonds is 15. The van der Waals surface area contributed by atoms with Gasteiger partial charge in [-0.3, -0.25) is 0 Å². The summed E-state index contributed by atoms with van der Waals surface area (Å²) in [5.41, 5.74) is 6.78. The van der Waals surface area contributed by atoms with Gasteiger partial charge in [-0.25, -0.2) is 0 Å². The lowest BCUT2D eigenvalue weighted by Gasteiger charge is -2.26. The zero-order chi connectivity index (χ0) is 26.4. The van der Waals surface area contributed by atoms with Crippen molar-refractivity contribution in [2.75, 3.05) is 0 Å². The SMILES string of the molecule is CCCCc1cc(CC[Si](C)(Cl)Cl)c(CC[Si](C)(Cl)Cl)c(CC[Si](C)(Cl)Cl)c1CC[Si](C)(Cl)Cl. The Morgan fingerprint density at radius 1 is 0.500 bits per heavy atom. The van der Waals surface area contributed by atoms with Crippen molar-refractivity contribution < 1.29 is 0 Å². The highest BCUT2D eigenvalue weighted by atomic mass is 35.7. The van der Waals surface area contributed by atoms with Gasteiger partial charge >= 0.3 is 0 Å². The minimum Gasteiger partial charge on any atom is -0.146 e. The van der Waals surface area contributed by atoms with Crippen molar-refractivity contribution in [1.82, 2.24) is 0 Å². The second kappa shape index (κ2) is 14.7. The highest BCUT2D eigenvalue weighted by molar-refractivity contribution is 7.46. The van der Waals surface area contributed by atoms with E-state index in [1.165, 1.54) is 27.8 Å². The van der Waals surface area contributed by atoms with Crippen molar-refractivity contribution in [1.29, 1.82) is 0 Å².